The molecule has 0 amide bonds. The van der Waals surface area contributed by atoms with Crippen molar-refractivity contribution < 1.29 is 25.8 Å². The molecule has 10 aromatic carbocycles. The van der Waals surface area contributed by atoms with E-state index in [1.807, 2.05) is 24.4 Å². The minimum Gasteiger partial charge on any atom is -0.509 e. The number of anilines is 4. The number of aromatic nitrogens is 2. The zero-order chi connectivity index (χ0) is 55.6. The van der Waals surface area contributed by atoms with E-state index >= 15 is 0 Å². The second kappa shape index (κ2) is 21.6. The number of hydrogen-bond acceptors (Lipinski definition) is 4. The van der Waals surface area contributed by atoms with E-state index in [9.17, 15) is 0 Å². The van der Waals surface area contributed by atoms with E-state index in [4.69, 9.17) is 9.72 Å². The van der Waals surface area contributed by atoms with E-state index in [-0.39, 0.29) is 31.9 Å². The van der Waals surface area contributed by atoms with Crippen molar-refractivity contribution in [3.63, 3.8) is 0 Å². The van der Waals surface area contributed by atoms with Crippen LogP contribution in [0, 0.1) is 32.6 Å². The number of ether oxygens (including phenoxy) is 1. The fourth-order valence-corrected chi connectivity index (χ4v) is 11.4. The van der Waals surface area contributed by atoms with Crippen molar-refractivity contribution >= 4 is 44.6 Å². The zero-order valence-electron chi connectivity index (χ0n) is 47.5. The van der Waals surface area contributed by atoms with Crippen LogP contribution in [0.5, 0.6) is 11.5 Å². The standard InChI is InChI=1S/C76H63N4O.Pt/c1-50-27-29-55(30-28-50)68-48-77-73(43-51(68)2)80-69-42-35-57(53-31-36-59(37-32-53)75(3,4)5)45-67(69)66-41-40-63(47-72(66)80)81-62-22-15-21-61(46-62)78-49-79(71-26-13-12-25-70(71)78)74-64(54-33-38-60(39-34-54)76(6,7)8)23-16-24-65(74)58-20-14-19-56(44-58)52-17-10-9-11-18-52;/h9-45,48-49H,1-8H3;/q-3;. The molecule has 0 bridgehead atoms. The van der Waals surface area contributed by atoms with Gasteiger partial charge in [0.05, 0.1) is 0 Å². The molecule has 0 spiro atoms. The average molecular weight is 1240 g/mol. The predicted molar refractivity (Wildman–Crippen MR) is 338 cm³/mol. The van der Waals surface area contributed by atoms with Crippen LogP contribution in [0.4, 0.5) is 22.7 Å². The van der Waals surface area contributed by atoms with Crippen molar-refractivity contribution in [2.45, 2.75) is 66.2 Å². The minimum atomic E-state index is 0. The van der Waals surface area contributed by atoms with Crippen molar-refractivity contribution in [2.24, 2.45) is 0 Å². The molecule has 13 rings (SSSR count). The molecule has 6 heteroatoms. The van der Waals surface area contributed by atoms with E-state index < -0.39 is 0 Å². The Bertz CT molecular complexity index is 4320. The molecule has 406 valence electrons. The summed E-state index contributed by atoms with van der Waals surface area (Å²) >= 11 is 0. The van der Waals surface area contributed by atoms with Crippen LogP contribution in [0.3, 0.4) is 0 Å². The van der Waals surface area contributed by atoms with Gasteiger partial charge in [-0.1, -0.05) is 216 Å². The monoisotopic (exact) mass is 1240 g/mol. The Hall–Kier alpha value is -8.76. The summed E-state index contributed by atoms with van der Waals surface area (Å²) in [5.41, 5.74) is 22.5. The van der Waals surface area contributed by atoms with Gasteiger partial charge in [-0.05, 0) is 116 Å². The van der Waals surface area contributed by atoms with Gasteiger partial charge in [0.1, 0.15) is 5.82 Å². The molecule has 0 fully saturated rings. The third-order valence-electron chi connectivity index (χ3n) is 15.9. The molecule has 0 saturated carbocycles. The Morgan fingerprint density at radius 2 is 0.988 bits per heavy atom. The molecule has 0 unspecified atom stereocenters. The van der Waals surface area contributed by atoms with Gasteiger partial charge in [0.2, 0.25) is 0 Å². The second-order valence-electron chi connectivity index (χ2n) is 23.5. The molecule has 0 radical (unpaired) electrons. The van der Waals surface area contributed by atoms with Crippen LogP contribution in [0.1, 0.15) is 63.8 Å². The van der Waals surface area contributed by atoms with E-state index in [0.29, 0.717) is 11.5 Å². The van der Waals surface area contributed by atoms with Gasteiger partial charge in [0.15, 0.2) is 0 Å². The molecule has 0 N–H and O–H groups in total. The second-order valence-corrected chi connectivity index (χ2v) is 23.5. The maximum Gasteiger partial charge on any atom is 0.135 e. The Morgan fingerprint density at radius 3 is 1.68 bits per heavy atom. The van der Waals surface area contributed by atoms with Gasteiger partial charge in [-0.25, -0.2) is 4.98 Å². The molecule has 12 aromatic rings. The molecule has 3 heterocycles. The number of hydrogen-bond donors (Lipinski definition) is 0. The first-order valence-electron chi connectivity index (χ1n) is 28.0. The predicted octanol–water partition coefficient (Wildman–Crippen LogP) is 20.5. The molecule has 2 aromatic heterocycles. The van der Waals surface area contributed by atoms with Crippen molar-refractivity contribution in [3.8, 4) is 73.0 Å². The Balaban J connectivity index is 0.00000665. The summed E-state index contributed by atoms with van der Waals surface area (Å²) in [5, 5.41) is 2.18. The van der Waals surface area contributed by atoms with Gasteiger partial charge in [0, 0.05) is 78.0 Å². The number of benzene rings is 10. The fraction of sp³-hybridized carbons (Fsp3) is 0.132. The minimum absolute atomic E-state index is 0. The number of fused-ring (bicyclic) bond motifs is 4. The van der Waals surface area contributed by atoms with Crippen LogP contribution in [-0.2, 0) is 31.9 Å². The molecule has 0 aliphatic carbocycles. The van der Waals surface area contributed by atoms with E-state index in [1.165, 1.54) is 33.4 Å². The Labute approximate surface area is 497 Å². The van der Waals surface area contributed by atoms with Crippen LogP contribution < -0.4 is 14.5 Å². The van der Waals surface area contributed by atoms with Crippen LogP contribution in [0.2, 0.25) is 0 Å². The number of nitrogens with zero attached hydrogens (tertiary/aromatic N) is 4. The van der Waals surface area contributed by atoms with Crippen molar-refractivity contribution in [1.82, 2.24) is 9.55 Å². The zero-order valence-corrected chi connectivity index (χ0v) is 49.8. The average Bonchev–Trinajstić information content (AvgIpc) is 4.26. The number of aryl methyl sites for hydroxylation is 2. The summed E-state index contributed by atoms with van der Waals surface area (Å²) in [7, 11) is 0. The quantitative estimate of drug-likeness (QED) is 0.128. The number of rotatable bonds is 10. The Kier molecular flexibility index (Phi) is 14.2. The summed E-state index contributed by atoms with van der Waals surface area (Å²) in [4.78, 5) is 9.74. The molecule has 0 atom stereocenters. The van der Waals surface area contributed by atoms with Crippen LogP contribution in [0.15, 0.2) is 231 Å². The first-order chi connectivity index (χ1) is 39.2. The molecule has 1 aliphatic heterocycles. The molecule has 82 heavy (non-hydrogen) atoms. The first-order valence-corrected chi connectivity index (χ1v) is 28.0. The summed E-state index contributed by atoms with van der Waals surface area (Å²) in [5.74, 6) is 1.97. The first kappa shape index (κ1) is 53.9. The maximum absolute atomic E-state index is 6.85. The van der Waals surface area contributed by atoms with Crippen molar-refractivity contribution in [1.29, 1.82) is 0 Å². The number of pyridine rings is 1. The van der Waals surface area contributed by atoms with Gasteiger partial charge in [-0.15, -0.1) is 48.1 Å². The summed E-state index contributed by atoms with van der Waals surface area (Å²) in [6.45, 7) is 20.0. The van der Waals surface area contributed by atoms with Crippen LogP contribution >= 0.6 is 0 Å². The van der Waals surface area contributed by atoms with Gasteiger partial charge >= 0.3 is 0 Å². The largest absolute Gasteiger partial charge is 0.509 e. The molecule has 5 nitrogen and oxygen atoms in total. The van der Waals surface area contributed by atoms with Crippen LogP contribution in [-0.4, -0.2) is 9.55 Å². The van der Waals surface area contributed by atoms with Gasteiger partial charge < -0.3 is 19.1 Å². The number of para-hydroxylation sites is 3. The Morgan fingerprint density at radius 1 is 0.439 bits per heavy atom. The van der Waals surface area contributed by atoms with Crippen molar-refractivity contribution in [2.75, 3.05) is 9.80 Å². The summed E-state index contributed by atoms with van der Waals surface area (Å²) in [6, 6.07) is 88.2. The molecule has 0 saturated heterocycles. The van der Waals surface area contributed by atoms with Gasteiger partial charge in [-0.3, -0.25) is 0 Å². The molecule has 1 aliphatic rings. The van der Waals surface area contributed by atoms with Crippen molar-refractivity contribution in [3.05, 3.63) is 272 Å². The summed E-state index contributed by atoms with van der Waals surface area (Å²) in [6.07, 6.45) is 2.00. The normalized spacial score (nSPS) is 12.4. The van der Waals surface area contributed by atoms with Gasteiger partial charge in [-0.2, -0.15) is 12.1 Å². The van der Waals surface area contributed by atoms with Crippen LogP contribution in [0.25, 0.3) is 83.3 Å². The maximum atomic E-state index is 6.85. The topological polar surface area (TPSA) is 33.5 Å². The SMILES string of the molecule is Cc1ccc(-c2cnc(-n3c4[c-]c(Oc5[c-]c(N6[CH-]N(c7c(-c8ccc(C(C)(C)C)cc8)cccc7-c7cccc(-c8ccccc8)c7)c7ccccc76)ccc5)ccc4c4cc(-c5ccc(C(C)(C)C)cc5)ccc43)cc2C)cc1.[Pt]. The third-order valence-corrected chi connectivity index (χ3v) is 15.9. The van der Waals surface area contributed by atoms with E-state index in [0.717, 1.165) is 94.9 Å². The smallest absolute Gasteiger partial charge is 0.135 e. The van der Waals surface area contributed by atoms with Gasteiger partial charge in [0.25, 0.3) is 0 Å². The third kappa shape index (κ3) is 10.2. The molecular formula is C76H63N4OPt-3. The van der Waals surface area contributed by atoms with E-state index in [2.05, 4.69) is 295 Å². The summed E-state index contributed by atoms with van der Waals surface area (Å²) < 4.78 is 9.08. The fourth-order valence-electron chi connectivity index (χ4n) is 11.4. The van der Waals surface area contributed by atoms with E-state index in [1.54, 1.807) is 0 Å². The molecular weight excluding hydrogens is 1180 g/mol.